The summed E-state index contributed by atoms with van der Waals surface area (Å²) < 4.78 is 0. The fourth-order valence-electron chi connectivity index (χ4n) is 2.87. The van der Waals surface area contributed by atoms with Crippen molar-refractivity contribution in [1.82, 2.24) is 10.2 Å². The maximum Gasteiger partial charge on any atom is 0.240 e. The smallest absolute Gasteiger partial charge is 0.240 e. The van der Waals surface area contributed by atoms with E-state index in [0.29, 0.717) is 12.5 Å². The van der Waals surface area contributed by atoms with Gasteiger partial charge in [0.1, 0.15) is 0 Å². The molecule has 1 aliphatic heterocycles. The molecule has 21 heavy (non-hydrogen) atoms. The molecule has 0 saturated carbocycles. The van der Waals surface area contributed by atoms with Crippen molar-refractivity contribution in [3.05, 3.63) is 35.9 Å². The number of nitrogens with zero attached hydrogens (tertiary/aromatic N) is 1. The van der Waals surface area contributed by atoms with E-state index in [9.17, 15) is 9.59 Å². The van der Waals surface area contributed by atoms with Crippen LogP contribution in [0.15, 0.2) is 30.3 Å². The maximum absolute atomic E-state index is 11.9. The summed E-state index contributed by atoms with van der Waals surface area (Å²) in [6, 6.07) is 9.50. The number of rotatable bonds is 4. The number of hydrogen-bond acceptors (Lipinski definition) is 4. The van der Waals surface area contributed by atoms with Gasteiger partial charge in [0.15, 0.2) is 0 Å². The van der Waals surface area contributed by atoms with Crippen molar-refractivity contribution in [2.75, 3.05) is 19.6 Å². The van der Waals surface area contributed by atoms with Crippen molar-refractivity contribution in [3.8, 4) is 0 Å². The van der Waals surface area contributed by atoms with E-state index in [1.165, 1.54) is 0 Å². The molecule has 0 aliphatic carbocycles. The lowest BCUT2D eigenvalue weighted by atomic mass is 9.97. The third-order valence-electron chi connectivity index (χ3n) is 3.62. The highest BCUT2D eigenvalue weighted by molar-refractivity contribution is 5.96. The summed E-state index contributed by atoms with van der Waals surface area (Å²) in [5.74, 6) is -0.0284. The van der Waals surface area contributed by atoms with Gasteiger partial charge in [-0.3, -0.25) is 19.8 Å². The van der Waals surface area contributed by atoms with E-state index in [4.69, 9.17) is 5.73 Å². The van der Waals surface area contributed by atoms with Crippen molar-refractivity contribution >= 4 is 11.8 Å². The topological polar surface area (TPSA) is 75.4 Å². The summed E-state index contributed by atoms with van der Waals surface area (Å²) in [7, 11) is 0. The molecule has 0 aromatic heterocycles. The first-order valence-corrected chi connectivity index (χ1v) is 7.37. The number of nitrogens with one attached hydrogen (secondary N) is 1. The van der Waals surface area contributed by atoms with Crippen LogP contribution in [0, 0.1) is 5.92 Å². The number of carbonyl (C=O) groups excluding carboxylic acids is 2. The van der Waals surface area contributed by atoms with Crippen molar-refractivity contribution < 1.29 is 9.59 Å². The lowest BCUT2D eigenvalue weighted by Gasteiger charge is -2.34. The number of piperidine rings is 1. The Morgan fingerprint density at radius 1 is 1.24 bits per heavy atom. The van der Waals surface area contributed by atoms with Crippen molar-refractivity contribution in [1.29, 1.82) is 0 Å². The summed E-state index contributed by atoms with van der Waals surface area (Å²) in [6.45, 7) is 3.93. The number of likely N-dealkylation sites (tertiary alicyclic amines) is 1. The minimum absolute atomic E-state index is 0.113. The molecule has 1 aliphatic rings. The van der Waals surface area contributed by atoms with E-state index in [1.807, 2.05) is 35.2 Å². The van der Waals surface area contributed by atoms with Crippen LogP contribution in [-0.2, 0) is 16.0 Å². The lowest BCUT2D eigenvalue weighted by molar-refractivity contribution is -0.130. The Labute approximate surface area is 125 Å². The fraction of sp³-hybridized carbons (Fsp3) is 0.500. The number of nitrogens with two attached hydrogens (primary N) is 1. The van der Waals surface area contributed by atoms with Crippen LogP contribution in [0.1, 0.15) is 18.9 Å². The van der Waals surface area contributed by atoms with E-state index >= 15 is 0 Å². The van der Waals surface area contributed by atoms with Crippen LogP contribution < -0.4 is 11.1 Å². The van der Waals surface area contributed by atoms with Gasteiger partial charge >= 0.3 is 0 Å². The van der Waals surface area contributed by atoms with Gasteiger partial charge in [0.2, 0.25) is 11.8 Å². The predicted octanol–water partition coefficient (Wildman–Crippen LogP) is 0.541. The summed E-state index contributed by atoms with van der Waals surface area (Å²) >= 11 is 0. The molecule has 5 heteroatoms. The molecule has 2 unspecified atom stereocenters. The number of imide groups is 1. The van der Waals surface area contributed by atoms with Gasteiger partial charge in [0.05, 0.1) is 13.0 Å². The molecule has 5 nitrogen and oxygen atoms in total. The highest BCUT2D eigenvalue weighted by atomic mass is 16.2. The van der Waals surface area contributed by atoms with Gasteiger partial charge in [-0.2, -0.15) is 0 Å². The number of benzene rings is 1. The Balaban J connectivity index is 1.77. The molecule has 1 aromatic rings. The summed E-state index contributed by atoms with van der Waals surface area (Å²) in [6.07, 6.45) is 1.22. The zero-order valence-electron chi connectivity index (χ0n) is 12.4. The van der Waals surface area contributed by atoms with Crippen LogP contribution >= 0.6 is 0 Å². The Bertz CT molecular complexity index is 480. The molecule has 1 saturated heterocycles. The van der Waals surface area contributed by atoms with Crippen LogP contribution in [0.2, 0.25) is 0 Å². The zero-order valence-corrected chi connectivity index (χ0v) is 12.4. The average molecular weight is 289 g/mol. The molecule has 3 N–H and O–H groups in total. The van der Waals surface area contributed by atoms with E-state index < -0.39 is 0 Å². The van der Waals surface area contributed by atoms with E-state index in [2.05, 4.69) is 12.2 Å². The van der Waals surface area contributed by atoms with Crippen molar-refractivity contribution in [2.45, 2.75) is 25.8 Å². The summed E-state index contributed by atoms with van der Waals surface area (Å²) in [4.78, 5) is 25.7. The van der Waals surface area contributed by atoms with Gasteiger partial charge in [-0.15, -0.1) is 0 Å². The minimum Gasteiger partial charge on any atom is -0.327 e. The second kappa shape index (κ2) is 7.33. The van der Waals surface area contributed by atoms with Gasteiger partial charge in [0, 0.05) is 19.1 Å². The molecule has 2 atom stereocenters. The van der Waals surface area contributed by atoms with Crippen LogP contribution in [0.4, 0.5) is 0 Å². The zero-order chi connectivity index (χ0) is 15.2. The van der Waals surface area contributed by atoms with Gasteiger partial charge in [-0.25, -0.2) is 0 Å². The first-order chi connectivity index (χ1) is 10.0. The molecule has 0 radical (unpaired) electrons. The van der Waals surface area contributed by atoms with Crippen LogP contribution in [0.5, 0.6) is 0 Å². The first-order valence-electron chi connectivity index (χ1n) is 7.37. The van der Waals surface area contributed by atoms with Gasteiger partial charge in [-0.05, 0) is 17.9 Å². The molecular formula is C16H23N3O2. The first kappa shape index (κ1) is 15.7. The van der Waals surface area contributed by atoms with Gasteiger partial charge in [0.25, 0.3) is 0 Å². The molecule has 2 rings (SSSR count). The Hall–Kier alpha value is -1.72. The van der Waals surface area contributed by atoms with E-state index in [-0.39, 0.29) is 30.8 Å². The molecule has 0 spiro atoms. The maximum atomic E-state index is 11.9. The highest BCUT2D eigenvalue weighted by Crippen LogP contribution is 2.14. The number of carbonyl (C=O) groups is 2. The van der Waals surface area contributed by atoms with Gasteiger partial charge < -0.3 is 5.73 Å². The SMILES string of the molecule is CC1CC(N)CN(CC(=O)NC(=O)Cc2ccccc2)C1. The molecular weight excluding hydrogens is 266 g/mol. The summed E-state index contributed by atoms with van der Waals surface area (Å²) in [5.41, 5.74) is 6.85. The molecule has 1 heterocycles. The molecule has 0 bridgehead atoms. The molecule has 1 aromatic carbocycles. The number of amides is 2. The largest absolute Gasteiger partial charge is 0.327 e. The third-order valence-corrected chi connectivity index (χ3v) is 3.62. The second-order valence-electron chi connectivity index (χ2n) is 5.93. The lowest BCUT2D eigenvalue weighted by Crippen LogP contribution is -2.50. The molecule has 114 valence electrons. The molecule has 2 amide bonds. The van der Waals surface area contributed by atoms with E-state index in [1.54, 1.807) is 0 Å². The average Bonchev–Trinajstić information content (AvgIpc) is 2.37. The minimum atomic E-state index is -0.263. The van der Waals surface area contributed by atoms with Crippen molar-refractivity contribution in [2.24, 2.45) is 11.7 Å². The Kier molecular flexibility index (Phi) is 5.47. The highest BCUT2D eigenvalue weighted by Gasteiger charge is 2.24. The second-order valence-corrected chi connectivity index (χ2v) is 5.93. The monoisotopic (exact) mass is 289 g/mol. The van der Waals surface area contributed by atoms with Crippen LogP contribution in [0.25, 0.3) is 0 Å². The summed E-state index contributed by atoms with van der Waals surface area (Å²) in [5, 5.41) is 2.45. The standard InChI is InChI=1S/C16H23N3O2/c1-12-7-14(17)10-19(9-12)11-16(21)18-15(20)8-13-5-3-2-4-6-13/h2-6,12,14H,7-11,17H2,1H3,(H,18,20,21). The molecule has 1 fully saturated rings. The van der Waals surface area contributed by atoms with Crippen LogP contribution in [0.3, 0.4) is 0 Å². The Morgan fingerprint density at radius 2 is 1.95 bits per heavy atom. The predicted molar refractivity (Wildman–Crippen MR) is 81.5 cm³/mol. The quantitative estimate of drug-likeness (QED) is 0.848. The number of hydrogen-bond donors (Lipinski definition) is 2. The fourth-order valence-corrected chi connectivity index (χ4v) is 2.87. The third kappa shape index (κ3) is 5.28. The normalized spacial score (nSPS) is 22.8. The van der Waals surface area contributed by atoms with Gasteiger partial charge in [-0.1, -0.05) is 37.3 Å². The van der Waals surface area contributed by atoms with Crippen LogP contribution in [-0.4, -0.2) is 42.4 Å². The Morgan fingerprint density at radius 3 is 2.62 bits per heavy atom. The van der Waals surface area contributed by atoms with E-state index in [0.717, 1.165) is 18.5 Å². The van der Waals surface area contributed by atoms with Crippen molar-refractivity contribution in [3.63, 3.8) is 0 Å².